The number of rotatable bonds is 6. The van der Waals surface area contributed by atoms with Crippen LogP contribution < -0.4 is 15.8 Å². The second-order valence-electron chi connectivity index (χ2n) is 5.94. The first-order valence-corrected chi connectivity index (χ1v) is 7.78. The Morgan fingerprint density at radius 2 is 1.87 bits per heavy atom. The number of hydrogen-bond acceptors (Lipinski definition) is 3. The highest BCUT2D eigenvalue weighted by molar-refractivity contribution is 6.32. The molecule has 0 heterocycles. The lowest BCUT2D eigenvalue weighted by molar-refractivity contribution is -0.124. The average molecular weight is 333 g/mol. The third-order valence-electron chi connectivity index (χ3n) is 3.39. The Bertz CT molecular complexity index is 672. The normalized spacial score (nSPS) is 11.1. The smallest absolute Gasteiger partial charge is 0.258 e. The molecule has 5 heteroatoms. The van der Waals surface area contributed by atoms with E-state index in [0.717, 1.165) is 11.1 Å². The van der Waals surface area contributed by atoms with Gasteiger partial charge in [0.2, 0.25) is 0 Å². The van der Waals surface area contributed by atoms with E-state index in [1.165, 1.54) is 0 Å². The van der Waals surface area contributed by atoms with Gasteiger partial charge in [-0.05, 0) is 37.1 Å². The maximum absolute atomic E-state index is 11.9. The summed E-state index contributed by atoms with van der Waals surface area (Å²) in [5.41, 5.74) is 7.19. The molecule has 0 aliphatic heterocycles. The van der Waals surface area contributed by atoms with Crippen LogP contribution in [0, 0.1) is 0 Å². The number of nitrogens with one attached hydrogen (secondary N) is 1. The zero-order chi connectivity index (χ0) is 16.9. The fourth-order valence-corrected chi connectivity index (χ4v) is 2.27. The number of amides is 1. The number of nitrogens with two attached hydrogens (primary N) is 1. The van der Waals surface area contributed by atoms with Gasteiger partial charge in [-0.1, -0.05) is 48.0 Å². The largest absolute Gasteiger partial charge is 0.482 e. The van der Waals surface area contributed by atoms with Crippen molar-refractivity contribution in [1.82, 2.24) is 5.32 Å². The minimum Gasteiger partial charge on any atom is -0.482 e. The van der Waals surface area contributed by atoms with Crippen molar-refractivity contribution in [3.05, 3.63) is 53.6 Å². The van der Waals surface area contributed by atoms with Crippen LogP contribution in [0.2, 0.25) is 5.02 Å². The minimum atomic E-state index is -0.457. The molecule has 0 fully saturated rings. The summed E-state index contributed by atoms with van der Waals surface area (Å²) in [6.45, 7) is 3.96. The van der Waals surface area contributed by atoms with Gasteiger partial charge in [-0.3, -0.25) is 4.79 Å². The van der Waals surface area contributed by atoms with Gasteiger partial charge in [-0.2, -0.15) is 0 Å². The molecule has 4 nitrogen and oxygen atoms in total. The summed E-state index contributed by atoms with van der Waals surface area (Å²) >= 11 is 6.25. The van der Waals surface area contributed by atoms with Crippen molar-refractivity contribution in [1.29, 1.82) is 0 Å². The lowest BCUT2D eigenvalue weighted by Gasteiger charge is -2.24. The van der Waals surface area contributed by atoms with Crippen molar-refractivity contribution < 1.29 is 9.53 Å². The standard InChI is InChI=1S/C18H21ClN2O2/c1-18(2,12-20)21-17(22)11-23-16-9-8-14(10-15(16)19)13-6-4-3-5-7-13/h3-10H,11-12,20H2,1-2H3,(H,21,22). The molecular weight excluding hydrogens is 312 g/mol. The van der Waals surface area contributed by atoms with Crippen LogP contribution in [-0.2, 0) is 4.79 Å². The maximum atomic E-state index is 11.9. The molecule has 0 aromatic heterocycles. The van der Waals surface area contributed by atoms with Gasteiger partial charge in [0.05, 0.1) is 5.02 Å². The summed E-state index contributed by atoms with van der Waals surface area (Å²) in [7, 11) is 0. The van der Waals surface area contributed by atoms with Crippen LogP contribution in [-0.4, -0.2) is 24.6 Å². The van der Waals surface area contributed by atoms with E-state index in [0.29, 0.717) is 17.3 Å². The van der Waals surface area contributed by atoms with Crippen molar-refractivity contribution in [3.8, 4) is 16.9 Å². The van der Waals surface area contributed by atoms with Gasteiger partial charge in [-0.25, -0.2) is 0 Å². The number of carbonyl (C=O) groups is 1. The highest BCUT2D eigenvalue weighted by atomic mass is 35.5. The molecule has 2 rings (SSSR count). The highest BCUT2D eigenvalue weighted by Crippen LogP contribution is 2.30. The lowest BCUT2D eigenvalue weighted by Crippen LogP contribution is -2.50. The van der Waals surface area contributed by atoms with Crippen molar-refractivity contribution in [2.24, 2.45) is 5.73 Å². The third kappa shape index (κ3) is 4.98. The zero-order valence-electron chi connectivity index (χ0n) is 13.3. The van der Waals surface area contributed by atoms with Crippen LogP contribution in [0.3, 0.4) is 0 Å². The van der Waals surface area contributed by atoms with Gasteiger partial charge in [0.1, 0.15) is 5.75 Å². The molecule has 2 aromatic carbocycles. The first-order chi connectivity index (χ1) is 10.9. The SMILES string of the molecule is CC(C)(CN)NC(=O)COc1ccc(-c2ccccc2)cc1Cl. The number of halogens is 1. The van der Waals surface area contributed by atoms with E-state index in [-0.39, 0.29) is 12.5 Å². The van der Waals surface area contributed by atoms with Crippen LogP contribution in [0.1, 0.15) is 13.8 Å². The number of hydrogen-bond donors (Lipinski definition) is 2. The molecule has 3 N–H and O–H groups in total. The first-order valence-electron chi connectivity index (χ1n) is 7.40. The fourth-order valence-electron chi connectivity index (χ4n) is 2.04. The molecule has 0 atom stereocenters. The Morgan fingerprint density at radius 1 is 1.17 bits per heavy atom. The summed E-state index contributed by atoms with van der Waals surface area (Å²) in [4.78, 5) is 11.9. The van der Waals surface area contributed by atoms with E-state index in [4.69, 9.17) is 22.1 Å². The summed E-state index contributed by atoms with van der Waals surface area (Å²) in [5, 5.41) is 3.27. The quantitative estimate of drug-likeness (QED) is 0.853. The Labute approximate surface area is 141 Å². The molecule has 0 saturated carbocycles. The molecule has 0 aliphatic rings. The lowest BCUT2D eigenvalue weighted by atomic mass is 10.1. The molecule has 0 saturated heterocycles. The summed E-state index contributed by atoms with van der Waals surface area (Å²) < 4.78 is 5.50. The van der Waals surface area contributed by atoms with Crippen molar-refractivity contribution in [2.45, 2.75) is 19.4 Å². The van der Waals surface area contributed by atoms with Gasteiger partial charge in [-0.15, -0.1) is 0 Å². The second-order valence-corrected chi connectivity index (χ2v) is 6.34. The molecule has 2 aromatic rings. The number of carbonyl (C=O) groups excluding carboxylic acids is 1. The number of ether oxygens (including phenoxy) is 1. The predicted molar refractivity (Wildman–Crippen MR) is 93.7 cm³/mol. The molecule has 122 valence electrons. The van der Waals surface area contributed by atoms with E-state index in [9.17, 15) is 4.79 Å². The van der Waals surface area contributed by atoms with Crippen molar-refractivity contribution >= 4 is 17.5 Å². The molecule has 0 aliphatic carbocycles. The Morgan fingerprint density at radius 3 is 2.48 bits per heavy atom. The van der Waals surface area contributed by atoms with Crippen LogP contribution in [0.15, 0.2) is 48.5 Å². The van der Waals surface area contributed by atoms with Gasteiger partial charge >= 0.3 is 0 Å². The monoisotopic (exact) mass is 332 g/mol. The van der Waals surface area contributed by atoms with Crippen molar-refractivity contribution in [3.63, 3.8) is 0 Å². The predicted octanol–water partition coefficient (Wildman–Crippen LogP) is 3.24. The van der Waals surface area contributed by atoms with E-state index in [2.05, 4.69) is 5.32 Å². The Hall–Kier alpha value is -2.04. The Kier molecular flexibility index (Phi) is 5.64. The van der Waals surface area contributed by atoms with Crippen LogP contribution >= 0.6 is 11.6 Å². The summed E-state index contributed by atoms with van der Waals surface area (Å²) in [6, 6.07) is 15.4. The van der Waals surface area contributed by atoms with E-state index < -0.39 is 5.54 Å². The molecule has 1 amide bonds. The summed E-state index contributed by atoms with van der Waals surface area (Å²) in [5.74, 6) is 0.246. The topological polar surface area (TPSA) is 64.3 Å². The van der Waals surface area contributed by atoms with E-state index in [1.807, 2.05) is 56.3 Å². The molecule has 0 unspecified atom stereocenters. The van der Waals surface area contributed by atoms with Crippen LogP contribution in [0.4, 0.5) is 0 Å². The van der Waals surface area contributed by atoms with Gasteiger partial charge < -0.3 is 15.8 Å². The Balaban J connectivity index is 2.01. The van der Waals surface area contributed by atoms with Crippen molar-refractivity contribution in [2.75, 3.05) is 13.2 Å². The van der Waals surface area contributed by atoms with E-state index >= 15 is 0 Å². The van der Waals surface area contributed by atoms with Crippen LogP contribution in [0.5, 0.6) is 5.75 Å². The molecule has 0 radical (unpaired) electrons. The minimum absolute atomic E-state index is 0.103. The van der Waals surface area contributed by atoms with Gasteiger partial charge in [0.15, 0.2) is 6.61 Å². The zero-order valence-corrected chi connectivity index (χ0v) is 14.1. The van der Waals surface area contributed by atoms with Crippen LogP contribution in [0.25, 0.3) is 11.1 Å². The third-order valence-corrected chi connectivity index (χ3v) is 3.68. The first kappa shape index (κ1) is 17.3. The molecule has 0 spiro atoms. The second kappa shape index (κ2) is 7.49. The van der Waals surface area contributed by atoms with Gasteiger partial charge in [0.25, 0.3) is 5.91 Å². The highest BCUT2D eigenvalue weighted by Gasteiger charge is 2.18. The van der Waals surface area contributed by atoms with E-state index in [1.54, 1.807) is 6.07 Å². The number of benzene rings is 2. The maximum Gasteiger partial charge on any atom is 0.258 e. The molecular formula is C18H21ClN2O2. The summed E-state index contributed by atoms with van der Waals surface area (Å²) in [6.07, 6.45) is 0. The fraction of sp³-hybridized carbons (Fsp3) is 0.278. The average Bonchev–Trinajstić information content (AvgIpc) is 2.54. The molecule has 23 heavy (non-hydrogen) atoms. The van der Waals surface area contributed by atoms with Gasteiger partial charge in [0, 0.05) is 12.1 Å². The molecule has 0 bridgehead atoms.